The quantitative estimate of drug-likeness (QED) is 0.667. The molecule has 1 aromatic carbocycles. The largest absolute Gasteiger partial charge is 0.480 e. The molecular weight excluding hydrogens is 272 g/mol. The predicted octanol–water partition coefficient (Wildman–Crippen LogP) is 3.29. The van der Waals surface area contributed by atoms with E-state index in [1.165, 1.54) is 11.8 Å². The Morgan fingerprint density at radius 3 is 2.50 bits per heavy atom. The number of thioether (sulfide) groups is 1. The fraction of sp³-hybridized carbons (Fsp3) is 0.200. The molecule has 0 amide bonds. The van der Waals surface area contributed by atoms with Crippen molar-refractivity contribution in [3.8, 4) is 11.1 Å². The van der Waals surface area contributed by atoms with E-state index < -0.39 is 10.7 Å². The third kappa shape index (κ3) is 3.11. The molecule has 104 valence electrons. The minimum atomic E-state index is -0.899. The van der Waals surface area contributed by atoms with Crippen molar-refractivity contribution in [2.24, 2.45) is 0 Å². The van der Waals surface area contributed by atoms with Crippen molar-refractivity contribution < 1.29 is 9.90 Å². The molecule has 0 aliphatic rings. The van der Waals surface area contributed by atoms with E-state index in [-0.39, 0.29) is 0 Å². The van der Waals surface area contributed by atoms with Crippen LogP contribution in [0.4, 0.5) is 5.69 Å². The number of nitrogens with zero attached hydrogens (tertiary/aromatic N) is 1. The molecular formula is C15H16N2O2S. The van der Waals surface area contributed by atoms with Gasteiger partial charge in [0.05, 0.1) is 0 Å². The number of carbonyl (C=O) groups is 1. The molecule has 0 saturated carbocycles. The van der Waals surface area contributed by atoms with Crippen molar-refractivity contribution in [1.29, 1.82) is 0 Å². The molecule has 0 unspecified atom stereocenters. The van der Waals surface area contributed by atoms with Crippen LogP contribution in [0.2, 0.25) is 0 Å². The Hall–Kier alpha value is -2.01. The zero-order chi connectivity index (χ0) is 14.8. The molecule has 1 aromatic heterocycles. The van der Waals surface area contributed by atoms with Crippen molar-refractivity contribution >= 4 is 23.4 Å². The molecule has 2 aromatic rings. The lowest BCUT2D eigenvalue weighted by atomic mass is 10.1. The fourth-order valence-electron chi connectivity index (χ4n) is 1.67. The molecule has 1 heterocycles. The van der Waals surface area contributed by atoms with Crippen LogP contribution in [0.5, 0.6) is 0 Å². The van der Waals surface area contributed by atoms with Gasteiger partial charge in [-0.25, -0.2) is 0 Å². The lowest BCUT2D eigenvalue weighted by Gasteiger charge is -2.20. The van der Waals surface area contributed by atoms with Gasteiger partial charge < -0.3 is 10.8 Å². The summed E-state index contributed by atoms with van der Waals surface area (Å²) in [6.45, 7) is 3.38. The maximum atomic E-state index is 11.3. The molecule has 0 aliphatic heterocycles. The molecule has 0 radical (unpaired) electrons. The highest BCUT2D eigenvalue weighted by atomic mass is 32.2. The number of hydrogen-bond donors (Lipinski definition) is 2. The Kier molecular flexibility index (Phi) is 3.99. The van der Waals surface area contributed by atoms with Crippen molar-refractivity contribution in [2.75, 3.05) is 5.73 Å². The van der Waals surface area contributed by atoms with Gasteiger partial charge in [0.1, 0.15) is 4.75 Å². The first-order chi connectivity index (χ1) is 9.40. The second kappa shape index (κ2) is 5.54. The maximum Gasteiger partial charge on any atom is 0.319 e. The van der Waals surface area contributed by atoms with Gasteiger partial charge in [-0.15, -0.1) is 11.8 Å². The Morgan fingerprint density at radius 1 is 1.25 bits per heavy atom. The maximum absolute atomic E-state index is 11.3. The lowest BCUT2D eigenvalue weighted by molar-refractivity contribution is -0.138. The molecule has 0 bridgehead atoms. The number of hydrogen-bond acceptors (Lipinski definition) is 4. The van der Waals surface area contributed by atoms with Gasteiger partial charge in [-0.2, -0.15) is 0 Å². The average Bonchev–Trinajstić information content (AvgIpc) is 2.40. The van der Waals surface area contributed by atoms with Gasteiger partial charge in [-0.1, -0.05) is 12.1 Å². The Labute approximate surface area is 122 Å². The molecule has 20 heavy (non-hydrogen) atoms. The highest BCUT2D eigenvalue weighted by Crippen LogP contribution is 2.38. The van der Waals surface area contributed by atoms with Crippen LogP contribution in [-0.4, -0.2) is 20.8 Å². The van der Waals surface area contributed by atoms with Crippen LogP contribution in [0.15, 0.2) is 47.6 Å². The smallest absolute Gasteiger partial charge is 0.319 e. The van der Waals surface area contributed by atoms with Gasteiger partial charge in [0, 0.05) is 28.5 Å². The van der Waals surface area contributed by atoms with Crippen molar-refractivity contribution in [2.45, 2.75) is 23.5 Å². The summed E-state index contributed by atoms with van der Waals surface area (Å²) in [4.78, 5) is 16.3. The second-order valence-electron chi connectivity index (χ2n) is 4.91. The summed E-state index contributed by atoms with van der Waals surface area (Å²) < 4.78 is -0.899. The molecule has 3 N–H and O–H groups in total. The third-order valence-corrected chi connectivity index (χ3v) is 4.14. The first kappa shape index (κ1) is 14.4. The fourth-order valence-corrected chi connectivity index (χ4v) is 2.72. The zero-order valence-electron chi connectivity index (χ0n) is 11.3. The van der Waals surface area contributed by atoms with Crippen LogP contribution in [0.25, 0.3) is 11.1 Å². The number of anilines is 1. The van der Waals surface area contributed by atoms with Crippen molar-refractivity contribution in [1.82, 2.24) is 4.98 Å². The van der Waals surface area contributed by atoms with Crippen LogP contribution in [0.1, 0.15) is 13.8 Å². The number of nitrogen functional groups attached to an aromatic ring is 1. The summed E-state index contributed by atoms with van der Waals surface area (Å²) in [6, 6.07) is 9.29. The molecule has 0 atom stereocenters. The van der Waals surface area contributed by atoms with Crippen LogP contribution >= 0.6 is 11.8 Å². The lowest BCUT2D eigenvalue weighted by Crippen LogP contribution is -2.27. The number of carboxylic acids is 1. The SMILES string of the molecule is CC(C)(Sc1ccncc1-c1ccc(N)cc1)C(=O)O. The summed E-state index contributed by atoms with van der Waals surface area (Å²) in [6.07, 6.45) is 3.41. The van der Waals surface area contributed by atoms with Gasteiger partial charge in [0.2, 0.25) is 0 Å². The van der Waals surface area contributed by atoms with Gasteiger partial charge >= 0.3 is 5.97 Å². The van der Waals surface area contributed by atoms with Gasteiger partial charge in [0.15, 0.2) is 0 Å². The average molecular weight is 288 g/mol. The summed E-state index contributed by atoms with van der Waals surface area (Å²) in [7, 11) is 0. The number of aromatic nitrogens is 1. The summed E-state index contributed by atoms with van der Waals surface area (Å²) in [5.74, 6) is -0.845. The molecule has 0 aliphatic carbocycles. The summed E-state index contributed by atoms with van der Waals surface area (Å²) >= 11 is 1.31. The molecule has 2 rings (SSSR count). The molecule has 0 saturated heterocycles. The summed E-state index contributed by atoms with van der Waals surface area (Å²) in [5.41, 5.74) is 8.26. The predicted molar refractivity (Wildman–Crippen MR) is 81.7 cm³/mol. The first-order valence-corrected chi connectivity index (χ1v) is 6.94. The van der Waals surface area contributed by atoms with Crippen molar-refractivity contribution in [3.05, 3.63) is 42.7 Å². The second-order valence-corrected chi connectivity index (χ2v) is 6.58. The minimum Gasteiger partial charge on any atom is -0.480 e. The Bertz CT molecular complexity index is 624. The standard InChI is InChI=1S/C15H16N2O2S/c1-15(2,14(18)19)20-13-7-8-17-9-12(13)10-3-5-11(16)6-4-10/h3-9H,16H2,1-2H3,(H,18,19). The van der Waals surface area contributed by atoms with Gasteiger partial charge in [-0.3, -0.25) is 9.78 Å². The number of carboxylic acid groups (broad SMARTS) is 1. The molecule has 0 spiro atoms. The highest BCUT2D eigenvalue weighted by molar-refractivity contribution is 8.01. The Balaban J connectivity index is 2.41. The van der Waals surface area contributed by atoms with E-state index in [4.69, 9.17) is 5.73 Å². The molecule has 4 nitrogen and oxygen atoms in total. The van der Waals surface area contributed by atoms with E-state index in [0.717, 1.165) is 16.0 Å². The van der Waals surface area contributed by atoms with Crippen molar-refractivity contribution in [3.63, 3.8) is 0 Å². The monoisotopic (exact) mass is 288 g/mol. The first-order valence-electron chi connectivity index (χ1n) is 6.12. The van der Waals surface area contributed by atoms with Gasteiger partial charge in [-0.05, 0) is 37.6 Å². The number of aliphatic carboxylic acids is 1. The molecule has 0 fully saturated rings. The van der Waals surface area contributed by atoms with Crippen LogP contribution in [0, 0.1) is 0 Å². The van der Waals surface area contributed by atoms with E-state index >= 15 is 0 Å². The highest BCUT2D eigenvalue weighted by Gasteiger charge is 2.29. The van der Waals surface area contributed by atoms with E-state index in [0.29, 0.717) is 5.69 Å². The van der Waals surface area contributed by atoms with E-state index in [1.807, 2.05) is 30.3 Å². The minimum absolute atomic E-state index is 0.692. The van der Waals surface area contributed by atoms with E-state index in [2.05, 4.69) is 4.98 Å². The zero-order valence-corrected chi connectivity index (χ0v) is 12.1. The number of pyridine rings is 1. The number of nitrogens with two attached hydrogens (primary N) is 1. The van der Waals surface area contributed by atoms with Crippen LogP contribution < -0.4 is 5.73 Å². The van der Waals surface area contributed by atoms with E-state index in [9.17, 15) is 9.90 Å². The summed E-state index contributed by atoms with van der Waals surface area (Å²) in [5, 5.41) is 9.25. The Morgan fingerprint density at radius 2 is 1.90 bits per heavy atom. The number of benzene rings is 1. The normalized spacial score (nSPS) is 11.3. The molecule has 5 heteroatoms. The number of rotatable bonds is 4. The topological polar surface area (TPSA) is 76.2 Å². The third-order valence-electron chi connectivity index (χ3n) is 2.88. The van der Waals surface area contributed by atoms with E-state index in [1.54, 1.807) is 26.2 Å². The van der Waals surface area contributed by atoms with Crippen LogP contribution in [-0.2, 0) is 4.79 Å². The van der Waals surface area contributed by atoms with Gasteiger partial charge in [0.25, 0.3) is 0 Å². The van der Waals surface area contributed by atoms with Crippen LogP contribution in [0.3, 0.4) is 0 Å².